The molecule has 2 heteroatoms. The molecular weight excluding hydrogens is 657 g/mol. The molecule has 0 spiro atoms. The van der Waals surface area contributed by atoms with E-state index < -0.39 is 0 Å². The summed E-state index contributed by atoms with van der Waals surface area (Å²) in [6.07, 6.45) is 69.0. The Hall–Kier alpha value is -1.05. The van der Waals surface area contributed by atoms with E-state index in [0.29, 0.717) is 13.0 Å². The summed E-state index contributed by atoms with van der Waals surface area (Å²) in [5.41, 5.74) is 0. The lowest BCUT2D eigenvalue weighted by Crippen LogP contribution is -2.05. The molecule has 0 N–H and O–H groups in total. The highest BCUT2D eigenvalue weighted by molar-refractivity contribution is 5.69. The molecule has 0 unspecified atom stereocenters. The van der Waals surface area contributed by atoms with Gasteiger partial charge in [0.2, 0.25) is 0 Å². The van der Waals surface area contributed by atoms with Gasteiger partial charge in [-0.05, 0) is 44.9 Å². The number of carbonyl (C=O) groups excluding carboxylic acids is 1. The van der Waals surface area contributed by atoms with E-state index in [-0.39, 0.29) is 5.97 Å². The largest absolute Gasteiger partial charge is 0.466 e. The van der Waals surface area contributed by atoms with Crippen molar-refractivity contribution in [3.05, 3.63) is 24.3 Å². The predicted octanol–water partition coefficient (Wildman–Crippen LogP) is 18.8. The van der Waals surface area contributed by atoms with Crippen molar-refractivity contribution in [2.75, 3.05) is 6.61 Å². The van der Waals surface area contributed by atoms with Crippen molar-refractivity contribution in [3.8, 4) is 0 Å². The summed E-state index contributed by atoms with van der Waals surface area (Å²) in [5.74, 6) is 0.0213. The summed E-state index contributed by atoms with van der Waals surface area (Å²) < 4.78 is 5.47. The molecule has 0 atom stereocenters. The van der Waals surface area contributed by atoms with E-state index in [1.165, 1.54) is 257 Å². The van der Waals surface area contributed by atoms with Gasteiger partial charge in [0.15, 0.2) is 0 Å². The molecule has 0 aromatic heterocycles. The molecule has 0 aliphatic carbocycles. The lowest BCUT2D eigenvalue weighted by atomic mass is 10.0. The lowest BCUT2D eigenvalue weighted by molar-refractivity contribution is -0.143. The molecule has 0 aliphatic heterocycles. The van der Waals surface area contributed by atoms with Gasteiger partial charge in [-0.3, -0.25) is 4.79 Å². The van der Waals surface area contributed by atoms with Gasteiger partial charge < -0.3 is 4.74 Å². The fourth-order valence-electron chi connectivity index (χ4n) is 7.82. The van der Waals surface area contributed by atoms with Crippen LogP contribution in [0, 0.1) is 0 Å². The summed E-state index contributed by atoms with van der Waals surface area (Å²) in [6, 6.07) is 0. The SMILES string of the molecule is CCCCC/C=C\C/C=C\CCCCCCCCOC(=O)CCCCCCCCCCCCCCCCCCCCCCCCCCCCCCCCC. The third-order valence-corrected chi connectivity index (χ3v) is 11.6. The topological polar surface area (TPSA) is 26.3 Å². The van der Waals surface area contributed by atoms with Crippen LogP contribution in [-0.2, 0) is 9.53 Å². The van der Waals surface area contributed by atoms with E-state index in [1.54, 1.807) is 0 Å². The first-order valence-corrected chi connectivity index (χ1v) is 25.3. The van der Waals surface area contributed by atoms with Crippen LogP contribution in [0.25, 0.3) is 0 Å². The molecule has 0 saturated carbocycles. The van der Waals surface area contributed by atoms with Gasteiger partial charge in [0.05, 0.1) is 6.61 Å². The molecular formula is C52H100O2. The molecule has 0 saturated heterocycles. The standard InChI is InChI=1S/C52H100O2/c1-3-5-7-9-11-13-15-17-19-21-22-23-24-25-26-27-28-29-30-31-32-33-34-35-36-38-40-42-44-46-48-50-52(53)54-51-49-47-45-43-41-39-37-20-18-16-14-12-10-8-6-4-2/h12,14,18,20H,3-11,13,15-17,19,21-51H2,1-2H3/b14-12-,20-18-. The fourth-order valence-corrected chi connectivity index (χ4v) is 7.82. The monoisotopic (exact) mass is 757 g/mol. The molecule has 320 valence electrons. The highest BCUT2D eigenvalue weighted by atomic mass is 16.5. The van der Waals surface area contributed by atoms with Crippen LogP contribution >= 0.6 is 0 Å². The molecule has 0 rings (SSSR count). The smallest absolute Gasteiger partial charge is 0.305 e. The van der Waals surface area contributed by atoms with Crippen LogP contribution < -0.4 is 0 Å². The molecule has 2 nitrogen and oxygen atoms in total. The van der Waals surface area contributed by atoms with Gasteiger partial charge in [0.25, 0.3) is 0 Å². The molecule has 0 bridgehead atoms. The minimum atomic E-state index is 0.0213. The molecule has 0 heterocycles. The van der Waals surface area contributed by atoms with Gasteiger partial charge >= 0.3 is 5.97 Å². The maximum Gasteiger partial charge on any atom is 0.305 e. The van der Waals surface area contributed by atoms with Crippen molar-refractivity contribution < 1.29 is 9.53 Å². The summed E-state index contributed by atoms with van der Waals surface area (Å²) in [4.78, 5) is 12.0. The summed E-state index contributed by atoms with van der Waals surface area (Å²) in [7, 11) is 0. The van der Waals surface area contributed by atoms with E-state index in [1.807, 2.05) is 0 Å². The quantitative estimate of drug-likeness (QED) is 0.0351. The van der Waals surface area contributed by atoms with Crippen molar-refractivity contribution in [1.29, 1.82) is 0 Å². The number of unbranched alkanes of at least 4 members (excludes halogenated alkanes) is 39. The van der Waals surface area contributed by atoms with Crippen molar-refractivity contribution in [1.82, 2.24) is 0 Å². The molecule has 0 amide bonds. The Morgan fingerprint density at radius 3 is 0.926 bits per heavy atom. The number of ether oxygens (including phenoxy) is 1. The normalized spacial score (nSPS) is 11.8. The Morgan fingerprint density at radius 1 is 0.315 bits per heavy atom. The van der Waals surface area contributed by atoms with E-state index in [2.05, 4.69) is 38.2 Å². The second-order valence-corrected chi connectivity index (χ2v) is 17.2. The number of allylic oxidation sites excluding steroid dienone is 4. The first kappa shape index (κ1) is 53.0. The fraction of sp³-hybridized carbons (Fsp3) is 0.904. The summed E-state index contributed by atoms with van der Waals surface area (Å²) in [5, 5.41) is 0. The predicted molar refractivity (Wildman–Crippen MR) is 244 cm³/mol. The van der Waals surface area contributed by atoms with Gasteiger partial charge in [0, 0.05) is 6.42 Å². The minimum Gasteiger partial charge on any atom is -0.466 e. The van der Waals surface area contributed by atoms with Crippen molar-refractivity contribution in [2.45, 2.75) is 296 Å². The van der Waals surface area contributed by atoms with Crippen LogP contribution in [0.5, 0.6) is 0 Å². The maximum absolute atomic E-state index is 12.0. The first-order valence-electron chi connectivity index (χ1n) is 25.3. The van der Waals surface area contributed by atoms with Crippen molar-refractivity contribution in [2.24, 2.45) is 0 Å². The van der Waals surface area contributed by atoms with Crippen LogP contribution in [0.15, 0.2) is 24.3 Å². The van der Waals surface area contributed by atoms with E-state index in [9.17, 15) is 4.79 Å². The van der Waals surface area contributed by atoms with Crippen molar-refractivity contribution in [3.63, 3.8) is 0 Å². The zero-order chi connectivity index (χ0) is 38.9. The zero-order valence-electron chi connectivity index (χ0n) is 37.4. The summed E-state index contributed by atoms with van der Waals surface area (Å²) >= 11 is 0. The second kappa shape index (κ2) is 50.0. The van der Waals surface area contributed by atoms with Gasteiger partial charge in [-0.1, -0.05) is 269 Å². The number of hydrogen-bond donors (Lipinski definition) is 0. The third kappa shape index (κ3) is 49.0. The Bertz CT molecular complexity index is 739. The van der Waals surface area contributed by atoms with Gasteiger partial charge in [-0.25, -0.2) is 0 Å². The number of esters is 1. The molecule has 0 fully saturated rings. The molecule has 54 heavy (non-hydrogen) atoms. The minimum absolute atomic E-state index is 0.0213. The Labute approximate surface area is 341 Å². The first-order chi connectivity index (χ1) is 26.8. The van der Waals surface area contributed by atoms with E-state index in [4.69, 9.17) is 4.74 Å². The highest BCUT2D eigenvalue weighted by Gasteiger charge is 2.03. The number of rotatable bonds is 47. The van der Waals surface area contributed by atoms with Crippen LogP contribution in [0.2, 0.25) is 0 Å². The van der Waals surface area contributed by atoms with Crippen LogP contribution in [0.4, 0.5) is 0 Å². The van der Waals surface area contributed by atoms with Crippen LogP contribution in [-0.4, -0.2) is 12.6 Å². The Balaban J connectivity index is 3.17. The second-order valence-electron chi connectivity index (χ2n) is 17.2. The van der Waals surface area contributed by atoms with Gasteiger partial charge in [0.1, 0.15) is 0 Å². The van der Waals surface area contributed by atoms with Crippen molar-refractivity contribution >= 4 is 5.97 Å². The highest BCUT2D eigenvalue weighted by Crippen LogP contribution is 2.17. The average Bonchev–Trinajstić information content (AvgIpc) is 3.18. The third-order valence-electron chi connectivity index (χ3n) is 11.6. The van der Waals surface area contributed by atoms with Gasteiger partial charge in [-0.15, -0.1) is 0 Å². The Kier molecular flexibility index (Phi) is 49.0. The van der Waals surface area contributed by atoms with E-state index in [0.717, 1.165) is 19.3 Å². The molecule has 0 aliphatic rings. The molecule has 0 radical (unpaired) electrons. The van der Waals surface area contributed by atoms with Crippen LogP contribution in [0.1, 0.15) is 296 Å². The molecule has 0 aromatic rings. The van der Waals surface area contributed by atoms with Gasteiger partial charge in [-0.2, -0.15) is 0 Å². The van der Waals surface area contributed by atoms with E-state index >= 15 is 0 Å². The summed E-state index contributed by atoms with van der Waals surface area (Å²) in [6.45, 7) is 5.18. The average molecular weight is 757 g/mol. The zero-order valence-corrected chi connectivity index (χ0v) is 37.4. The number of hydrogen-bond acceptors (Lipinski definition) is 2. The lowest BCUT2D eigenvalue weighted by Gasteiger charge is -2.06. The molecule has 0 aromatic carbocycles. The van der Waals surface area contributed by atoms with Crippen LogP contribution in [0.3, 0.4) is 0 Å². The Morgan fingerprint density at radius 2 is 0.574 bits per heavy atom. The number of carbonyl (C=O) groups is 1. The maximum atomic E-state index is 12.0.